The summed E-state index contributed by atoms with van der Waals surface area (Å²) >= 11 is 0. The van der Waals surface area contributed by atoms with E-state index >= 15 is 0 Å². The standard InChI is InChI=1S/C19H34N4O4/c1-4-15(2)18(19(26)27-3)20-16(24)13-21-9-11-22(12-10-21)14-17(25)23-7-5-6-8-23/h15,18H,4-14H2,1-3H3,(H,20,24). The number of methoxy groups -OCH3 is 1. The van der Waals surface area contributed by atoms with Crippen LogP contribution in [0.15, 0.2) is 0 Å². The van der Waals surface area contributed by atoms with Crippen LogP contribution in [0.1, 0.15) is 33.1 Å². The lowest BCUT2D eigenvalue weighted by atomic mass is 9.99. The molecule has 2 aliphatic rings. The summed E-state index contributed by atoms with van der Waals surface area (Å²) in [5.41, 5.74) is 0. The summed E-state index contributed by atoms with van der Waals surface area (Å²) in [5.74, 6) is -0.321. The Morgan fingerprint density at radius 1 is 0.963 bits per heavy atom. The summed E-state index contributed by atoms with van der Waals surface area (Å²) in [6, 6.07) is -0.605. The third-order valence-electron chi connectivity index (χ3n) is 5.63. The minimum atomic E-state index is -0.605. The van der Waals surface area contributed by atoms with E-state index in [-0.39, 0.29) is 24.3 Å². The fraction of sp³-hybridized carbons (Fsp3) is 0.842. The van der Waals surface area contributed by atoms with Gasteiger partial charge in [0.15, 0.2) is 0 Å². The van der Waals surface area contributed by atoms with E-state index in [1.165, 1.54) is 7.11 Å². The van der Waals surface area contributed by atoms with Crippen LogP contribution in [0.4, 0.5) is 0 Å². The largest absolute Gasteiger partial charge is 0.467 e. The molecule has 154 valence electrons. The molecule has 2 rings (SSSR count). The van der Waals surface area contributed by atoms with Crippen LogP contribution in [0.25, 0.3) is 0 Å². The SMILES string of the molecule is CCC(C)C(NC(=O)CN1CCN(CC(=O)N2CCCC2)CC1)C(=O)OC. The molecule has 8 nitrogen and oxygen atoms in total. The number of carbonyl (C=O) groups excluding carboxylic acids is 3. The number of amides is 2. The predicted octanol–water partition coefficient (Wildman–Crippen LogP) is -0.0697. The minimum Gasteiger partial charge on any atom is -0.467 e. The number of nitrogens with zero attached hydrogens (tertiary/aromatic N) is 3. The maximum absolute atomic E-state index is 12.4. The number of hydrogen-bond acceptors (Lipinski definition) is 6. The molecule has 2 aliphatic heterocycles. The Bertz CT molecular complexity index is 514. The maximum atomic E-state index is 12.4. The molecule has 0 aromatic carbocycles. The lowest BCUT2D eigenvalue weighted by Gasteiger charge is -2.35. The topological polar surface area (TPSA) is 82.2 Å². The lowest BCUT2D eigenvalue weighted by molar-refractivity contribution is -0.146. The molecule has 2 saturated heterocycles. The molecule has 1 N–H and O–H groups in total. The zero-order valence-electron chi connectivity index (χ0n) is 16.9. The van der Waals surface area contributed by atoms with Gasteiger partial charge in [0.1, 0.15) is 6.04 Å². The molecule has 0 aliphatic carbocycles. The summed E-state index contributed by atoms with van der Waals surface area (Å²) in [6.07, 6.45) is 3.00. The fourth-order valence-electron chi connectivity index (χ4n) is 3.58. The number of carbonyl (C=O) groups is 3. The van der Waals surface area contributed by atoms with E-state index < -0.39 is 12.0 Å². The van der Waals surface area contributed by atoms with Crippen LogP contribution in [-0.2, 0) is 19.1 Å². The van der Waals surface area contributed by atoms with Crippen LogP contribution in [0.5, 0.6) is 0 Å². The van der Waals surface area contributed by atoms with Gasteiger partial charge in [0.2, 0.25) is 11.8 Å². The van der Waals surface area contributed by atoms with Gasteiger partial charge in [0, 0.05) is 39.3 Å². The highest BCUT2D eigenvalue weighted by atomic mass is 16.5. The van der Waals surface area contributed by atoms with Gasteiger partial charge in [0.25, 0.3) is 0 Å². The van der Waals surface area contributed by atoms with E-state index in [4.69, 9.17) is 4.74 Å². The molecule has 2 amide bonds. The van der Waals surface area contributed by atoms with E-state index in [1.807, 2.05) is 18.7 Å². The number of rotatable bonds is 8. The molecule has 0 spiro atoms. The first-order valence-corrected chi connectivity index (χ1v) is 10.0. The van der Waals surface area contributed by atoms with Crippen molar-refractivity contribution in [2.75, 3.05) is 59.5 Å². The maximum Gasteiger partial charge on any atom is 0.328 e. The van der Waals surface area contributed by atoms with Gasteiger partial charge >= 0.3 is 5.97 Å². The highest BCUT2D eigenvalue weighted by Crippen LogP contribution is 2.11. The van der Waals surface area contributed by atoms with Crippen molar-refractivity contribution < 1.29 is 19.1 Å². The van der Waals surface area contributed by atoms with E-state index in [1.54, 1.807) is 0 Å². The van der Waals surface area contributed by atoms with Crippen LogP contribution in [0.2, 0.25) is 0 Å². The molecule has 27 heavy (non-hydrogen) atoms. The summed E-state index contributed by atoms with van der Waals surface area (Å²) in [5, 5.41) is 2.82. The fourth-order valence-corrected chi connectivity index (χ4v) is 3.58. The third kappa shape index (κ3) is 6.46. The molecule has 0 saturated carbocycles. The molecule has 2 unspecified atom stereocenters. The van der Waals surface area contributed by atoms with Gasteiger partial charge in [-0.1, -0.05) is 20.3 Å². The third-order valence-corrected chi connectivity index (χ3v) is 5.63. The Labute approximate surface area is 162 Å². The first-order valence-electron chi connectivity index (χ1n) is 10.0. The van der Waals surface area contributed by atoms with Crippen molar-refractivity contribution >= 4 is 17.8 Å². The Kier molecular flexibility index (Phi) is 8.50. The Morgan fingerprint density at radius 3 is 2.04 bits per heavy atom. The molecule has 0 aromatic heterocycles. The Morgan fingerprint density at radius 2 is 1.52 bits per heavy atom. The van der Waals surface area contributed by atoms with Crippen molar-refractivity contribution in [2.24, 2.45) is 5.92 Å². The summed E-state index contributed by atoms with van der Waals surface area (Å²) < 4.78 is 4.81. The van der Waals surface area contributed by atoms with Gasteiger partial charge in [-0.3, -0.25) is 19.4 Å². The van der Waals surface area contributed by atoms with E-state index in [0.29, 0.717) is 6.54 Å². The predicted molar refractivity (Wildman–Crippen MR) is 102 cm³/mol. The molecule has 2 atom stereocenters. The van der Waals surface area contributed by atoms with Crippen molar-refractivity contribution in [3.63, 3.8) is 0 Å². The molecule has 0 radical (unpaired) electrons. The van der Waals surface area contributed by atoms with Crippen molar-refractivity contribution in [3.8, 4) is 0 Å². The van der Waals surface area contributed by atoms with Crippen LogP contribution in [0, 0.1) is 5.92 Å². The van der Waals surface area contributed by atoms with Crippen LogP contribution < -0.4 is 5.32 Å². The van der Waals surface area contributed by atoms with Crippen molar-refractivity contribution in [1.29, 1.82) is 0 Å². The summed E-state index contributed by atoms with van der Waals surface area (Å²) in [7, 11) is 1.34. The summed E-state index contributed by atoms with van der Waals surface area (Å²) in [4.78, 5) is 42.7. The monoisotopic (exact) mass is 382 g/mol. The van der Waals surface area contributed by atoms with Crippen molar-refractivity contribution in [3.05, 3.63) is 0 Å². The smallest absolute Gasteiger partial charge is 0.328 e. The summed E-state index contributed by atoms with van der Waals surface area (Å²) in [6.45, 7) is 9.45. The zero-order valence-corrected chi connectivity index (χ0v) is 16.9. The number of ether oxygens (including phenoxy) is 1. The molecule has 8 heteroatoms. The van der Waals surface area contributed by atoms with Crippen LogP contribution >= 0.6 is 0 Å². The van der Waals surface area contributed by atoms with Crippen LogP contribution in [-0.4, -0.2) is 98.0 Å². The second-order valence-electron chi connectivity index (χ2n) is 7.59. The Hall–Kier alpha value is -1.67. The van der Waals surface area contributed by atoms with Gasteiger partial charge in [0.05, 0.1) is 20.2 Å². The molecule has 0 bridgehead atoms. The highest BCUT2D eigenvalue weighted by molar-refractivity contribution is 5.85. The van der Waals surface area contributed by atoms with Gasteiger partial charge < -0.3 is 15.0 Å². The second-order valence-corrected chi connectivity index (χ2v) is 7.59. The van der Waals surface area contributed by atoms with Gasteiger partial charge in [-0.05, 0) is 18.8 Å². The quantitative estimate of drug-likeness (QED) is 0.592. The van der Waals surface area contributed by atoms with E-state index in [0.717, 1.165) is 58.5 Å². The van der Waals surface area contributed by atoms with Crippen LogP contribution in [0.3, 0.4) is 0 Å². The molecular formula is C19H34N4O4. The lowest BCUT2D eigenvalue weighted by Crippen LogP contribution is -2.53. The number of likely N-dealkylation sites (tertiary alicyclic amines) is 1. The van der Waals surface area contributed by atoms with Crippen molar-refractivity contribution in [2.45, 2.75) is 39.2 Å². The number of nitrogens with one attached hydrogen (secondary N) is 1. The number of esters is 1. The average molecular weight is 383 g/mol. The number of piperazine rings is 1. The molecule has 2 fully saturated rings. The molecular weight excluding hydrogens is 348 g/mol. The van der Waals surface area contributed by atoms with Gasteiger partial charge in [-0.2, -0.15) is 0 Å². The van der Waals surface area contributed by atoms with Crippen molar-refractivity contribution in [1.82, 2.24) is 20.0 Å². The number of hydrogen-bond donors (Lipinski definition) is 1. The highest BCUT2D eigenvalue weighted by Gasteiger charge is 2.28. The normalized spacial score (nSPS) is 20.9. The molecule has 0 aromatic rings. The zero-order chi connectivity index (χ0) is 19.8. The molecule has 2 heterocycles. The average Bonchev–Trinajstić information content (AvgIpc) is 3.21. The Balaban J connectivity index is 1.73. The minimum absolute atomic E-state index is 0.0230. The first-order chi connectivity index (χ1) is 12.9. The first kappa shape index (κ1) is 21.6. The second kappa shape index (κ2) is 10.6. The van der Waals surface area contributed by atoms with Gasteiger partial charge in [-0.25, -0.2) is 4.79 Å². The van der Waals surface area contributed by atoms with Gasteiger partial charge in [-0.15, -0.1) is 0 Å². The van der Waals surface area contributed by atoms with E-state index in [9.17, 15) is 14.4 Å². The van der Waals surface area contributed by atoms with E-state index in [2.05, 4.69) is 15.1 Å².